The van der Waals surface area contributed by atoms with Crippen LogP contribution in [0.5, 0.6) is 0 Å². The fourth-order valence-electron chi connectivity index (χ4n) is 1.38. The average Bonchev–Trinajstić information content (AvgIpc) is 2.79. The summed E-state index contributed by atoms with van der Waals surface area (Å²) in [5.41, 5.74) is 1.63. The molecular weight excluding hydrogens is 234 g/mol. The molecule has 2 rings (SSSR count). The molecule has 0 aromatic carbocycles. The number of urea groups is 1. The van der Waals surface area contributed by atoms with E-state index in [1.165, 1.54) is 0 Å². The number of pyridine rings is 1. The Balaban J connectivity index is 1.85. The van der Waals surface area contributed by atoms with E-state index in [1.54, 1.807) is 23.6 Å². The van der Waals surface area contributed by atoms with E-state index in [0.29, 0.717) is 6.54 Å². The van der Waals surface area contributed by atoms with Crippen molar-refractivity contribution >= 4 is 23.1 Å². The number of hydrogen-bond acceptors (Lipinski definition) is 3. The lowest BCUT2D eigenvalue weighted by Crippen LogP contribution is -2.27. The van der Waals surface area contributed by atoms with Crippen molar-refractivity contribution in [3.63, 3.8) is 0 Å². The van der Waals surface area contributed by atoms with Crippen LogP contribution in [0.2, 0.25) is 0 Å². The number of thiophene rings is 1. The van der Waals surface area contributed by atoms with Crippen molar-refractivity contribution in [2.45, 2.75) is 13.5 Å². The molecule has 0 aliphatic heterocycles. The standard InChI is InChI=1S/C12H13N3OS/c1-9-7-10(4-5-13-9)15-12(16)14-8-11-3-2-6-17-11/h2-7H,8H2,1H3,(H2,13,14,15,16). The monoisotopic (exact) mass is 247 g/mol. The highest BCUT2D eigenvalue weighted by molar-refractivity contribution is 7.09. The zero-order valence-corrected chi connectivity index (χ0v) is 10.3. The minimum absolute atomic E-state index is 0.205. The van der Waals surface area contributed by atoms with Gasteiger partial charge in [0.05, 0.1) is 6.54 Å². The number of carbonyl (C=O) groups excluding carboxylic acids is 1. The predicted octanol–water partition coefficient (Wildman–Crippen LogP) is 2.77. The number of aryl methyl sites for hydroxylation is 1. The van der Waals surface area contributed by atoms with E-state index < -0.39 is 0 Å². The molecular formula is C12H13N3OS. The molecule has 2 heterocycles. The Morgan fingerprint density at radius 1 is 1.47 bits per heavy atom. The van der Waals surface area contributed by atoms with Crippen LogP contribution in [0.1, 0.15) is 10.6 Å². The molecule has 0 fully saturated rings. The number of amides is 2. The van der Waals surface area contributed by atoms with Crippen LogP contribution in [0.15, 0.2) is 35.8 Å². The first-order valence-electron chi connectivity index (χ1n) is 5.24. The van der Waals surface area contributed by atoms with Gasteiger partial charge in [0, 0.05) is 22.5 Å². The van der Waals surface area contributed by atoms with Crippen LogP contribution in [0.3, 0.4) is 0 Å². The summed E-state index contributed by atoms with van der Waals surface area (Å²) in [4.78, 5) is 16.8. The molecule has 2 amide bonds. The van der Waals surface area contributed by atoms with Gasteiger partial charge in [0.15, 0.2) is 0 Å². The van der Waals surface area contributed by atoms with Gasteiger partial charge in [-0.2, -0.15) is 0 Å². The van der Waals surface area contributed by atoms with E-state index in [0.717, 1.165) is 16.3 Å². The second-order valence-electron chi connectivity index (χ2n) is 3.57. The minimum atomic E-state index is -0.205. The lowest BCUT2D eigenvalue weighted by Gasteiger charge is -2.06. The smallest absolute Gasteiger partial charge is 0.319 e. The summed E-state index contributed by atoms with van der Waals surface area (Å²) in [6, 6.07) is 7.33. The number of anilines is 1. The molecule has 0 atom stereocenters. The van der Waals surface area contributed by atoms with Crippen LogP contribution >= 0.6 is 11.3 Å². The maximum atomic E-state index is 11.6. The maximum absolute atomic E-state index is 11.6. The third-order valence-electron chi connectivity index (χ3n) is 2.16. The van der Waals surface area contributed by atoms with Crippen LogP contribution in [0.25, 0.3) is 0 Å². The fraction of sp³-hybridized carbons (Fsp3) is 0.167. The normalized spacial score (nSPS) is 9.94. The average molecular weight is 247 g/mol. The Kier molecular flexibility index (Phi) is 3.72. The molecule has 5 heteroatoms. The van der Waals surface area contributed by atoms with Gasteiger partial charge in [0.25, 0.3) is 0 Å². The van der Waals surface area contributed by atoms with Gasteiger partial charge in [0.1, 0.15) is 0 Å². The first-order valence-corrected chi connectivity index (χ1v) is 6.12. The topological polar surface area (TPSA) is 54.0 Å². The van der Waals surface area contributed by atoms with Crippen LogP contribution < -0.4 is 10.6 Å². The number of rotatable bonds is 3. The zero-order chi connectivity index (χ0) is 12.1. The first-order chi connectivity index (χ1) is 8.24. The maximum Gasteiger partial charge on any atom is 0.319 e. The number of nitrogens with zero attached hydrogens (tertiary/aromatic N) is 1. The zero-order valence-electron chi connectivity index (χ0n) is 9.43. The van der Waals surface area contributed by atoms with Gasteiger partial charge in [-0.15, -0.1) is 11.3 Å². The molecule has 2 N–H and O–H groups in total. The summed E-state index contributed by atoms with van der Waals surface area (Å²) < 4.78 is 0. The van der Waals surface area contributed by atoms with Crippen molar-refractivity contribution in [2.24, 2.45) is 0 Å². The highest BCUT2D eigenvalue weighted by atomic mass is 32.1. The summed E-state index contributed by atoms with van der Waals surface area (Å²) in [5, 5.41) is 7.54. The Labute approximate surface area is 104 Å². The molecule has 0 unspecified atom stereocenters. The van der Waals surface area contributed by atoms with Gasteiger partial charge in [-0.25, -0.2) is 4.79 Å². The van der Waals surface area contributed by atoms with Gasteiger partial charge in [-0.1, -0.05) is 6.07 Å². The lowest BCUT2D eigenvalue weighted by atomic mass is 10.3. The molecule has 0 bridgehead atoms. The number of hydrogen-bond donors (Lipinski definition) is 2. The second-order valence-corrected chi connectivity index (χ2v) is 4.61. The summed E-state index contributed by atoms with van der Waals surface area (Å²) in [6.07, 6.45) is 1.67. The summed E-state index contributed by atoms with van der Waals surface area (Å²) >= 11 is 1.62. The molecule has 4 nitrogen and oxygen atoms in total. The third kappa shape index (κ3) is 3.57. The Morgan fingerprint density at radius 3 is 3.06 bits per heavy atom. The molecule has 17 heavy (non-hydrogen) atoms. The van der Waals surface area contributed by atoms with Gasteiger partial charge >= 0.3 is 6.03 Å². The molecule has 0 saturated heterocycles. The fourth-order valence-corrected chi connectivity index (χ4v) is 2.02. The third-order valence-corrected chi connectivity index (χ3v) is 3.03. The molecule has 0 spiro atoms. The summed E-state index contributed by atoms with van der Waals surface area (Å²) in [7, 11) is 0. The van der Waals surface area contributed by atoms with Crippen LogP contribution in [0.4, 0.5) is 10.5 Å². The van der Waals surface area contributed by atoms with Crippen molar-refractivity contribution in [2.75, 3.05) is 5.32 Å². The van der Waals surface area contributed by atoms with Crippen molar-refractivity contribution in [1.29, 1.82) is 0 Å². The van der Waals surface area contributed by atoms with Crippen molar-refractivity contribution < 1.29 is 4.79 Å². The number of nitrogens with one attached hydrogen (secondary N) is 2. The molecule has 2 aromatic heterocycles. The van der Waals surface area contributed by atoms with E-state index in [1.807, 2.05) is 30.5 Å². The van der Waals surface area contributed by atoms with Crippen LogP contribution in [0, 0.1) is 6.92 Å². The second kappa shape index (κ2) is 5.45. The predicted molar refractivity (Wildman–Crippen MR) is 69.2 cm³/mol. The van der Waals surface area contributed by atoms with E-state index in [4.69, 9.17) is 0 Å². The first kappa shape index (κ1) is 11.6. The van der Waals surface area contributed by atoms with E-state index in [2.05, 4.69) is 15.6 Å². The van der Waals surface area contributed by atoms with E-state index >= 15 is 0 Å². The molecule has 2 aromatic rings. The minimum Gasteiger partial charge on any atom is -0.333 e. The lowest BCUT2D eigenvalue weighted by molar-refractivity contribution is 0.252. The largest absolute Gasteiger partial charge is 0.333 e. The van der Waals surface area contributed by atoms with Gasteiger partial charge < -0.3 is 10.6 Å². The molecule has 0 aliphatic rings. The molecule has 88 valence electrons. The number of aromatic nitrogens is 1. The summed E-state index contributed by atoms with van der Waals surface area (Å²) in [5.74, 6) is 0. The van der Waals surface area contributed by atoms with Crippen molar-refractivity contribution in [3.05, 3.63) is 46.4 Å². The van der Waals surface area contributed by atoms with Crippen LogP contribution in [-0.4, -0.2) is 11.0 Å². The van der Waals surface area contributed by atoms with Crippen LogP contribution in [-0.2, 0) is 6.54 Å². The Hall–Kier alpha value is -1.88. The molecule has 0 aliphatic carbocycles. The molecule has 0 saturated carbocycles. The van der Waals surface area contributed by atoms with E-state index in [9.17, 15) is 4.79 Å². The quantitative estimate of drug-likeness (QED) is 0.876. The molecule has 0 radical (unpaired) electrons. The van der Waals surface area contributed by atoms with Gasteiger partial charge in [-0.3, -0.25) is 4.98 Å². The van der Waals surface area contributed by atoms with Gasteiger partial charge in [-0.05, 0) is 30.5 Å². The Bertz CT molecular complexity index is 496. The highest BCUT2D eigenvalue weighted by Gasteiger charge is 2.02. The van der Waals surface area contributed by atoms with Crippen molar-refractivity contribution in [3.8, 4) is 0 Å². The SMILES string of the molecule is Cc1cc(NC(=O)NCc2cccs2)ccn1. The number of carbonyl (C=O) groups is 1. The highest BCUT2D eigenvalue weighted by Crippen LogP contribution is 2.09. The Morgan fingerprint density at radius 2 is 2.35 bits per heavy atom. The van der Waals surface area contributed by atoms with E-state index in [-0.39, 0.29) is 6.03 Å². The van der Waals surface area contributed by atoms with Gasteiger partial charge in [0.2, 0.25) is 0 Å². The van der Waals surface area contributed by atoms with Crippen molar-refractivity contribution in [1.82, 2.24) is 10.3 Å². The summed E-state index contributed by atoms with van der Waals surface area (Å²) in [6.45, 7) is 2.43.